The number of hydrogen-bond donors (Lipinski definition) is 2. The number of hydrogen-bond acceptors (Lipinski definition) is 6. The van der Waals surface area contributed by atoms with E-state index in [-0.39, 0.29) is 0 Å². The van der Waals surface area contributed by atoms with Crippen LogP contribution in [0.1, 0.15) is 17.3 Å². The van der Waals surface area contributed by atoms with Crippen molar-refractivity contribution in [3.05, 3.63) is 35.8 Å². The van der Waals surface area contributed by atoms with Gasteiger partial charge < -0.3 is 20.0 Å². The van der Waals surface area contributed by atoms with Crippen molar-refractivity contribution in [3.63, 3.8) is 0 Å². The van der Waals surface area contributed by atoms with Crippen LogP contribution in [0.5, 0.6) is 0 Å². The van der Waals surface area contributed by atoms with Gasteiger partial charge >= 0.3 is 5.97 Å². The number of ether oxygens (including phenoxy) is 1. The predicted molar refractivity (Wildman–Crippen MR) is 91.6 cm³/mol. The van der Waals surface area contributed by atoms with Crippen LogP contribution in [0.25, 0.3) is 10.9 Å². The molecule has 0 spiro atoms. The number of carbonyl (C=O) groups excluding carboxylic acids is 1. The smallest absolute Gasteiger partial charge is 0.334 e. The van der Waals surface area contributed by atoms with Gasteiger partial charge in [0.05, 0.1) is 24.6 Å². The molecule has 3 rings (SSSR count). The summed E-state index contributed by atoms with van der Waals surface area (Å²) in [5, 5.41) is 10.5. The minimum atomic E-state index is -1.06. The van der Waals surface area contributed by atoms with Crippen LogP contribution in [0.4, 0.5) is 0 Å². The Balaban J connectivity index is 0.000000275. The molecule has 1 aliphatic rings. The zero-order valence-electron chi connectivity index (χ0n) is 13.6. The summed E-state index contributed by atoms with van der Waals surface area (Å²) in [6.45, 7) is 3.60. The number of carboxylic acid groups (broad SMARTS) is 1. The van der Waals surface area contributed by atoms with E-state index < -0.39 is 11.3 Å². The Morgan fingerprint density at radius 1 is 1.48 bits per heavy atom. The van der Waals surface area contributed by atoms with Crippen molar-refractivity contribution in [2.24, 2.45) is 0 Å². The van der Waals surface area contributed by atoms with Crippen LogP contribution in [0.2, 0.25) is 0 Å². The standard InChI is InChI=1S/C12H12N2O.C4H6NO3S.Fm/c1-8-2-3-11-9(4-8)5-13-12(14-11)10-6-15-7-10;1-9-3(4(7)8)5-2-6;/h2-5,10H,6-7H2,1H3;3H,1H3,(H,5,6)(H,7,8);/q;-1;. The van der Waals surface area contributed by atoms with Crippen LogP contribution in [0.3, 0.4) is 0 Å². The summed E-state index contributed by atoms with van der Waals surface area (Å²) >= 11 is 1.03. The number of rotatable bonds is 5. The summed E-state index contributed by atoms with van der Waals surface area (Å²) in [5.74, 6) is 0.249. The Kier molecular flexibility index (Phi) is 7.30. The van der Waals surface area contributed by atoms with Gasteiger partial charge in [0.25, 0.3) is 0 Å². The molecule has 25 heavy (non-hydrogen) atoms. The van der Waals surface area contributed by atoms with Gasteiger partial charge in [0.1, 0.15) is 11.2 Å². The number of nitrogens with one attached hydrogen (secondary N) is 1. The van der Waals surface area contributed by atoms with Gasteiger partial charge in [0.15, 0.2) is 0 Å². The number of aryl methyl sites for hydroxylation is 1. The van der Waals surface area contributed by atoms with Gasteiger partial charge in [-0.05, 0) is 25.3 Å². The summed E-state index contributed by atoms with van der Waals surface area (Å²) in [7, 11) is 0. The molecule has 140 valence electrons. The summed E-state index contributed by atoms with van der Waals surface area (Å²) in [6.07, 6.45) is 4.79. The van der Waals surface area contributed by atoms with Crippen molar-refractivity contribution < 1.29 is 19.4 Å². The quantitative estimate of drug-likeness (QED) is 0.303. The normalized spacial score (nSPS) is 14.3. The second kappa shape index (κ2) is 9.19. The van der Waals surface area contributed by atoms with E-state index in [9.17, 15) is 9.59 Å². The number of fused-ring (bicyclic) bond motifs is 1. The molecule has 0 aliphatic carbocycles. The molecule has 0 saturated carbocycles. The number of aliphatic carboxylic acids is 1. The Morgan fingerprint density at radius 3 is 2.68 bits per heavy atom. The number of carbonyl (C=O) groups is 1. The summed E-state index contributed by atoms with van der Waals surface area (Å²) in [4.78, 5) is 28.6. The van der Waals surface area contributed by atoms with Crippen molar-refractivity contribution in [1.82, 2.24) is 15.3 Å². The largest absolute Gasteiger partial charge is 0.520 e. The minimum Gasteiger partial charge on any atom is -0.520 e. The van der Waals surface area contributed by atoms with Crippen molar-refractivity contribution in [1.29, 1.82) is 0 Å². The van der Waals surface area contributed by atoms with Crippen LogP contribution in [-0.2, 0) is 14.3 Å². The number of nitrogens with zero attached hydrogens (tertiary/aromatic N) is 2. The molecule has 1 unspecified atom stereocenters. The maximum atomic E-state index is 10.1. The molecule has 1 fully saturated rings. The van der Waals surface area contributed by atoms with Gasteiger partial charge in [-0.25, -0.2) is 14.8 Å². The Labute approximate surface area is 143 Å². The first kappa shape index (κ1) is 19.9. The Bertz CT molecular complexity index is 728. The molecule has 1 aromatic carbocycles. The zero-order chi connectivity index (χ0) is 17.5. The molecule has 2 N–H and O–H groups in total. The number of aromatic nitrogens is 2. The average molecular weight is 605 g/mol. The average Bonchev–Trinajstić information content (AvgIpc) is 2.51. The first-order chi connectivity index (χ1) is 11.5. The number of amides is 1. The third kappa shape index (κ3) is 5.15. The SMILES string of the molecule is CSC(N[C-]=O)C(=O)O.Cc1ccc2nc(C3COC3)ncc2c1.[Fm]. The van der Waals surface area contributed by atoms with E-state index in [0.29, 0.717) is 5.92 Å². The fourth-order valence-electron chi connectivity index (χ4n) is 2.02. The summed E-state index contributed by atoms with van der Waals surface area (Å²) < 4.78 is 5.14. The third-order valence-electron chi connectivity index (χ3n) is 3.41. The topological polar surface area (TPSA) is 101 Å². The fourth-order valence-corrected chi connectivity index (χ4v) is 2.39. The molecule has 2 aromatic rings. The van der Waals surface area contributed by atoms with Gasteiger partial charge in [0.2, 0.25) is 0 Å². The van der Waals surface area contributed by atoms with Crippen molar-refractivity contribution in [3.8, 4) is 0 Å². The minimum absolute atomic E-state index is 0. The van der Waals surface area contributed by atoms with Gasteiger partial charge in [-0.3, -0.25) is 0 Å². The second-order valence-corrected chi connectivity index (χ2v) is 6.17. The van der Waals surface area contributed by atoms with E-state index in [1.54, 1.807) is 6.26 Å². The molecule has 1 saturated heterocycles. The molecule has 1 aliphatic heterocycles. The van der Waals surface area contributed by atoms with E-state index in [2.05, 4.69) is 35.1 Å². The molecule has 7 nitrogen and oxygen atoms in total. The molecular weight excluding hydrogens is 587 g/mol. The van der Waals surface area contributed by atoms with Crippen LogP contribution in [0.15, 0.2) is 24.4 Å². The van der Waals surface area contributed by atoms with E-state index >= 15 is 0 Å². The molecule has 1 aromatic heterocycles. The van der Waals surface area contributed by atoms with Gasteiger partial charge in [0, 0.05) is 11.6 Å². The third-order valence-corrected chi connectivity index (χ3v) is 4.20. The van der Waals surface area contributed by atoms with Crippen molar-refractivity contribution >= 4 is 35.0 Å². The number of carboxylic acids is 1. The zero-order valence-corrected chi connectivity index (χ0v) is 16.9. The van der Waals surface area contributed by atoms with Crippen LogP contribution >= 0.6 is 11.8 Å². The predicted octanol–water partition coefficient (Wildman–Crippen LogP) is 1.47. The van der Waals surface area contributed by atoms with Crippen LogP contribution in [-0.4, -0.2) is 52.3 Å². The monoisotopic (exact) mass is 605 g/mol. The maximum absolute atomic E-state index is 10.1. The first-order valence-corrected chi connectivity index (χ1v) is 8.53. The fraction of sp³-hybridized carbons (Fsp3) is 0.375. The van der Waals surface area contributed by atoms with E-state index in [0.717, 1.165) is 41.7 Å². The summed E-state index contributed by atoms with van der Waals surface area (Å²) in [5.41, 5.74) is 2.27. The number of benzene rings is 1. The first-order valence-electron chi connectivity index (χ1n) is 7.24. The van der Waals surface area contributed by atoms with Gasteiger partial charge in [-0.15, -0.1) is 11.8 Å². The molecule has 2 heterocycles. The molecule has 0 radical (unpaired) electrons. The summed E-state index contributed by atoms with van der Waals surface area (Å²) in [6, 6.07) is 6.24. The molecule has 1 amide bonds. The van der Waals surface area contributed by atoms with Crippen molar-refractivity contribution in [2.75, 3.05) is 19.5 Å². The second-order valence-electron chi connectivity index (χ2n) is 5.23. The van der Waals surface area contributed by atoms with Gasteiger partial charge in [-0.1, -0.05) is 11.6 Å². The molecular formula is C16H18FmN3O4S-. The Hall–Kier alpha value is -3.19. The van der Waals surface area contributed by atoms with Crippen molar-refractivity contribution in [2.45, 2.75) is 18.2 Å². The van der Waals surface area contributed by atoms with Gasteiger partial charge in [-0.2, -0.15) is 6.41 Å². The van der Waals surface area contributed by atoms with Crippen LogP contribution < -0.4 is 5.32 Å². The molecule has 0 bridgehead atoms. The van der Waals surface area contributed by atoms with E-state index in [4.69, 9.17) is 9.84 Å². The maximum Gasteiger partial charge on any atom is 0.334 e. The van der Waals surface area contributed by atoms with Crippen LogP contribution in [0, 0.1) is 6.92 Å². The van der Waals surface area contributed by atoms with E-state index in [1.165, 1.54) is 12.0 Å². The Morgan fingerprint density at radius 2 is 2.20 bits per heavy atom. The molecule has 1 atom stereocenters. The number of thioether (sulfide) groups is 1. The van der Waals surface area contributed by atoms with E-state index in [1.807, 2.05) is 11.5 Å². The molecule has 9 heteroatoms.